The molecule has 0 fully saturated rings. The summed E-state index contributed by atoms with van der Waals surface area (Å²) in [6, 6.07) is 27.7. The fraction of sp³-hybridized carbons (Fsp3) is 0.212. The summed E-state index contributed by atoms with van der Waals surface area (Å²) in [5, 5.41) is 5.62. The van der Waals surface area contributed by atoms with Crippen LogP contribution in [0.5, 0.6) is 0 Å². The molecule has 0 saturated heterocycles. The molecule has 4 aromatic carbocycles. The zero-order valence-corrected chi connectivity index (χ0v) is 24.7. The van der Waals surface area contributed by atoms with Crippen molar-refractivity contribution in [3.63, 3.8) is 0 Å². The van der Waals surface area contributed by atoms with E-state index in [0.717, 1.165) is 21.0 Å². The molecule has 8 heteroatoms. The van der Waals surface area contributed by atoms with Gasteiger partial charge in [-0.05, 0) is 79.4 Å². The summed E-state index contributed by atoms with van der Waals surface area (Å²) in [5.41, 5.74) is 4.82. The van der Waals surface area contributed by atoms with Gasteiger partial charge in [-0.15, -0.1) is 0 Å². The van der Waals surface area contributed by atoms with E-state index in [-0.39, 0.29) is 16.2 Å². The molecule has 7 nitrogen and oxygen atoms in total. The van der Waals surface area contributed by atoms with Gasteiger partial charge < -0.3 is 10.6 Å². The van der Waals surface area contributed by atoms with Gasteiger partial charge in [0.15, 0.2) is 0 Å². The van der Waals surface area contributed by atoms with E-state index in [2.05, 4.69) is 31.4 Å². The number of amides is 2. The summed E-state index contributed by atoms with van der Waals surface area (Å²) < 4.78 is 28.3. The number of benzene rings is 4. The second-order valence-electron chi connectivity index (χ2n) is 11.1. The molecule has 212 valence electrons. The molecule has 0 aliphatic carbocycles. The summed E-state index contributed by atoms with van der Waals surface area (Å²) in [4.78, 5) is 26.1. The minimum Gasteiger partial charge on any atom is -0.324 e. The lowest BCUT2D eigenvalue weighted by Crippen LogP contribution is -2.38. The predicted octanol–water partition coefficient (Wildman–Crippen LogP) is 6.69. The van der Waals surface area contributed by atoms with Gasteiger partial charge in [0.1, 0.15) is 6.54 Å². The first-order chi connectivity index (χ1) is 19.3. The van der Waals surface area contributed by atoms with Crippen LogP contribution in [0.25, 0.3) is 0 Å². The van der Waals surface area contributed by atoms with Crippen LogP contribution in [0.4, 0.5) is 17.1 Å². The van der Waals surface area contributed by atoms with Gasteiger partial charge in [0.25, 0.3) is 15.9 Å². The summed E-state index contributed by atoms with van der Waals surface area (Å²) in [7, 11) is -4.02. The van der Waals surface area contributed by atoms with Crippen molar-refractivity contribution in [3.8, 4) is 0 Å². The average molecular weight is 570 g/mol. The zero-order chi connectivity index (χ0) is 29.8. The zero-order valence-electron chi connectivity index (χ0n) is 23.9. The van der Waals surface area contributed by atoms with Crippen molar-refractivity contribution in [2.75, 3.05) is 21.5 Å². The molecule has 0 bridgehead atoms. The van der Waals surface area contributed by atoms with Gasteiger partial charge in [-0.2, -0.15) is 0 Å². The molecule has 0 unspecified atom stereocenters. The van der Waals surface area contributed by atoms with E-state index in [4.69, 9.17) is 0 Å². The van der Waals surface area contributed by atoms with Crippen molar-refractivity contribution in [3.05, 3.63) is 119 Å². The van der Waals surface area contributed by atoms with Crippen LogP contribution < -0.4 is 14.9 Å². The summed E-state index contributed by atoms with van der Waals surface area (Å²) in [6.45, 7) is 9.68. The van der Waals surface area contributed by atoms with Crippen LogP contribution in [0.15, 0.2) is 102 Å². The Kier molecular flexibility index (Phi) is 8.63. The Balaban J connectivity index is 1.50. The third kappa shape index (κ3) is 7.41. The summed E-state index contributed by atoms with van der Waals surface area (Å²) in [6.07, 6.45) is 0. The second kappa shape index (κ2) is 12.0. The minimum atomic E-state index is -4.02. The van der Waals surface area contributed by atoms with Gasteiger partial charge in [-0.1, -0.05) is 74.4 Å². The first-order valence-electron chi connectivity index (χ1n) is 13.3. The highest BCUT2D eigenvalue weighted by molar-refractivity contribution is 7.92. The highest BCUT2D eigenvalue weighted by atomic mass is 32.2. The number of carbonyl (C=O) groups excluding carboxylic acids is 2. The molecule has 0 heterocycles. The van der Waals surface area contributed by atoms with Crippen LogP contribution in [0.3, 0.4) is 0 Å². The maximum Gasteiger partial charge on any atom is 0.264 e. The number of nitrogens with one attached hydrogen (secondary N) is 2. The van der Waals surface area contributed by atoms with E-state index < -0.39 is 22.5 Å². The van der Waals surface area contributed by atoms with E-state index in [9.17, 15) is 18.0 Å². The Morgan fingerprint density at radius 2 is 1.27 bits per heavy atom. The maximum atomic E-state index is 13.6. The highest BCUT2D eigenvalue weighted by Crippen LogP contribution is 2.26. The molecule has 0 atom stereocenters. The van der Waals surface area contributed by atoms with E-state index in [1.54, 1.807) is 72.8 Å². The molecule has 0 aromatic heterocycles. The number of aryl methyl sites for hydroxylation is 2. The van der Waals surface area contributed by atoms with Crippen molar-refractivity contribution in [2.45, 2.75) is 44.9 Å². The predicted molar refractivity (Wildman–Crippen MR) is 165 cm³/mol. The fourth-order valence-corrected chi connectivity index (χ4v) is 5.62. The fourth-order valence-electron chi connectivity index (χ4n) is 4.19. The molecule has 2 N–H and O–H groups in total. The Hall–Kier alpha value is -4.43. The number of hydrogen-bond donors (Lipinski definition) is 2. The number of rotatable bonds is 8. The molecule has 0 saturated carbocycles. The van der Waals surface area contributed by atoms with E-state index in [1.165, 1.54) is 12.1 Å². The van der Waals surface area contributed by atoms with Crippen molar-refractivity contribution in [1.82, 2.24) is 0 Å². The van der Waals surface area contributed by atoms with Gasteiger partial charge in [0.05, 0.1) is 10.6 Å². The number of sulfonamides is 1. The Bertz CT molecular complexity index is 1640. The third-order valence-corrected chi connectivity index (χ3v) is 8.42. The van der Waals surface area contributed by atoms with Crippen LogP contribution in [-0.2, 0) is 20.2 Å². The average Bonchev–Trinajstić information content (AvgIpc) is 2.92. The van der Waals surface area contributed by atoms with E-state index >= 15 is 0 Å². The molecule has 0 aliphatic heterocycles. The first kappa shape index (κ1) is 29.6. The quantitative estimate of drug-likeness (QED) is 0.247. The minimum absolute atomic E-state index is 0.0178. The lowest BCUT2D eigenvalue weighted by atomic mass is 9.87. The molecular formula is C33H35N3O4S. The van der Waals surface area contributed by atoms with Crippen LogP contribution in [0.1, 0.15) is 47.8 Å². The lowest BCUT2D eigenvalue weighted by Gasteiger charge is -2.24. The standard InChI is InChI=1S/C33H35N3O4S/c1-23-9-17-29(18-10-23)36(41(39,40)30-19-11-24(2)12-20-30)22-31(37)34-27-7-6-8-28(21-27)35-32(38)25-13-15-26(16-14-25)33(3,4)5/h6-21H,22H2,1-5H3,(H,34,37)(H,35,38). The van der Waals surface area contributed by atoms with Gasteiger partial charge in [-0.25, -0.2) is 8.42 Å². The lowest BCUT2D eigenvalue weighted by molar-refractivity contribution is -0.114. The van der Waals surface area contributed by atoms with Crippen molar-refractivity contribution in [2.24, 2.45) is 0 Å². The normalized spacial score (nSPS) is 11.5. The largest absolute Gasteiger partial charge is 0.324 e. The topological polar surface area (TPSA) is 95.6 Å². The molecule has 41 heavy (non-hydrogen) atoms. The van der Waals surface area contributed by atoms with Crippen molar-refractivity contribution in [1.29, 1.82) is 0 Å². The number of carbonyl (C=O) groups is 2. The monoisotopic (exact) mass is 569 g/mol. The number of anilines is 3. The van der Waals surface area contributed by atoms with Gasteiger partial charge in [-0.3, -0.25) is 13.9 Å². The molecule has 2 amide bonds. The van der Waals surface area contributed by atoms with Crippen molar-refractivity contribution >= 4 is 38.9 Å². The van der Waals surface area contributed by atoms with Gasteiger partial charge >= 0.3 is 0 Å². The smallest absolute Gasteiger partial charge is 0.264 e. The molecule has 4 rings (SSSR count). The van der Waals surface area contributed by atoms with Gasteiger partial charge in [0.2, 0.25) is 5.91 Å². The molecular weight excluding hydrogens is 534 g/mol. The van der Waals surface area contributed by atoms with Crippen LogP contribution in [0, 0.1) is 13.8 Å². The van der Waals surface area contributed by atoms with E-state index in [1.807, 2.05) is 26.0 Å². The molecule has 0 radical (unpaired) electrons. The Labute approximate surface area is 242 Å². The van der Waals surface area contributed by atoms with Crippen LogP contribution >= 0.6 is 0 Å². The summed E-state index contributed by atoms with van der Waals surface area (Å²) in [5.74, 6) is -0.800. The van der Waals surface area contributed by atoms with Gasteiger partial charge in [0, 0.05) is 16.9 Å². The molecule has 0 spiro atoms. The Morgan fingerprint density at radius 3 is 1.83 bits per heavy atom. The van der Waals surface area contributed by atoms with Crippen LogP contribution in [-0.4, -0.2) is 26.8 Å². The Morgan fingerprint density at radius 1 is 0.732 bits per heavy atom. The highest BCUT2D eigenvalue weighted by Gasteiger charge is 2.27. The first-order valence-corrected chi connectivity index (χ1v) is 14.7. The summed E-state index contributed by atoms with van der Waals surface area (Å²) >= 11 is 0. The molecule has 0 aliphatic rings. The second-order valence-corrected chi connectivity index (χ2v) is 12.9. The number of nitrogens with zero attached hydrogens (tertiary/aromatic N) is 1. The number of hydrogen-bond acceptors (Lipinski definition) is 4. The maximum absolute atomic E-state index is 13.6. The van der Waals surface area contributed by atoms with Crippen LogP contribution in [0.2, 0.25) is 0 Å². The van der Waals surface area contributed by atoms with Crippen molar-refractivity contribution < 1.29 is 18.0 Å². The molecule has 4 aromatic rings. The SMILES string of the molecule is Cc1ccc(N(CC(=O)Nc2cccc(NC(=O)c3ccc(C(C)(C)C)cc3)c2)S(=O)(=O)c2ccc(C)cc2)cc1. The third-order valence-electron chi connectivity index (χ3n) is 6.64. The van der Waals surface area contributed by atoms with E-state index in [0.29, 0.717) is 22.6 Å².